The highest BCUT2D eigenvalue weighted by Crippen LogP contribution is 2.26. The molecule has 1 unspecified atom stereocenters. The fraction of sp³-hybridized carbons (Fsp3) is 0.500. The van der Waals surface area contributed by atoms with Crippen molar-refractivity contribution in [1.29, 1.82) is 0 Å². The lowest BCUT2D eigenvalue weighted by molar-refractivity contribution is -0.137. The second-order valence-electron chi connectivity index (χ2n) is 4.04. The molecule has 0 spiro atoms. The molecule has 0 aromatic carbocycles. The summed E-state index contributed by atoms with van der Waals surface area (Å²) >= 11 is 7.26. The van der Waals surface area contributed by atoms with Crippen LogP contribution in [0.2, 0.25) is 4.34 Å². The zero-order valence-electron chi connectivity index (χ0n) is 10.9. The maximum absolute atomic E-state index is 12.0. The standard InChI is InChI=1S/C12H17ClN2O3S/c1-3-15(7-6-11(16)17)12(18)14-8(2)9-4-5-10(13)19-9/h4-5,8H,3,6-7H2,1-2H3,(H,14,18)(H,16,17). The van der Waals surface area contributed by atoms with Gasteiger partial charge in [0.15, 0.2) is 0 Å². The van der Waals surface area contributed by atoms with E-state index >= 15 is 0 Å². The van der Waals surface area contributed by atoms with Gasteiger partial charge in [0.2, 0.25) is 0 Å². The Hall–Kier alpha value is -1.27. The molecule has 0 saturated carbocycles. The van der Waals surface area contributed by atoms with E-state index in [2.05, 4.69) is 5.32 Å². The van der Waals surface area contributed by atoms with Gasteiger partial charge in [0.1, 0.15) is 0 Å². The SMILES string of the molecule is CCN(CCC(=O)O)C(=O)NC(C)c1ccc(Cl)s1. The van der Waals surface area contributed by atoms with Gasteiger partial charge in [-0.15, -0.1) is 11.3 Å². The number of amides is 2. The van der Waals surface area contributed by atoms with E-state index in [0.29, 0.717) is 10.9 Å². The molecule has 0 saturated heterocycles. The van der Waals surface area contributed by atoms with Crippen LogP contribution in [0.25, 0.3) is 0 Å². The summed E-state index contributed by atoms with van der Waals surface area (Å²) in [5.74, 6) is -0.913. The van der Waals surface area contributed by atoms with Crippen molar-refractivity contribution < 1.29 is 14.7 Å². The largest absolute Gasteiger partial charge is 0.481 e. The van der Waals surface area contributed by atoms with Gasteiger partial charge >= 0.3 is 12.0 Å². The molecule has 0 fully saturated rings. The monoisotopic (exact) mass is 304 g/mol. The molecule has 0 aliphatic rings. The van der Waals surface area contributed by atoms with Crippen molar-refractivity contribution in [2.45, 2.75) is 26.3 Å². The lowest BCUT2D eigenvalue weighted by Gasteiger charge is -2.23. The number of nitrogens with one attached hydrogen (secondary N) is 1. The van der Waals surface area contributed by atoms with E-state index in [1.165, 1.54) is 16.2 Å². The van der Waals surface area contributed by atoms with Crippen LogP contribution in [-0.4, -0.2) is 35.1 Å². The van der Waals surface area contributed by atoms with Gasteiger partial charge in [-0.2, -0.15) is 0 Å². The molecular formula is C12H17ClN2O3S. The van der Waals surface area contributed by atoms with Gasteiger partial charge in [-0.3, -0.25) is 4.79 Å². The number of carboxylic acid groups (broad SMARTS) is 1. The van der Waals surface area contributed by atoms with Crippen LogP contribution in [0.3, 0.4) is 0 Å². The number of carboxylic acids is 1. The predicted molar refractivity (Wildman–Crippen MR) is 75.8 cm³/mol. The predicted octanol–water partition coefficient (Wildman–Crippen LogP) is 2.97. The fourth-order valence-electron chi connectivity index (χ4n) is 1.54. The second kappa shape index (κ2) is 7.35. The van der Waals surface area contributed by atoms with Crippen molar-refractivity contribution >= 4 is 34.9 Å². The highest BCUT2D eigenvalue weighted by Gasteiger charge is 2.17. The lowest BCUT2D eigenvalue weighted by Crippen LogP contribution is -2.41. The molecule has 5 nitrogen and oxygen atoms in total. The molecule has 0 aliphatic carbocycles. The maximum Gasteiger partial charge on any atom is 0.317 e. The zero-order chi connectivity index (χ0) is 14.4. The number of aliphatic carboxylic acids is 1. The molecule has 1 rings (SSSR count). The Morgan fingerprint density at radius 2 is 2.21 bits per heavy atom. The van der Waals surface area contributed by atoms with Crippen LogP contribution < -0.4 is 5.32 Å². The summed E-state index contributed by atoms with van der Waals surface area (Å²) in [4.78, 5) is 24.9. The topological polar surface area (TPSA) is 69.6 Å². The van der Waals surface area contributed by atoms with Crippen LogP contribution in [0, 0.1) is 0 Å². The second-order valence-corrected chi connectivity index (χ2v) is 5.78. The third-order valence-corrected chi connectivity index (χ3v) is 4.04. The molecule has 0 bridgehead atoms. The maximum atomic E-state index is 12.0. The van der Waals surface area contributed by atoms with E-state index in [9.17, 15) is 9.59 Å². The molecule has 0 radical (unpaired) electrons. The van der Waals surface area contributed by atoms with Gasteiger partial charge in [0.25, 0.3) is 0 Å². The first kappa shape index (κ1) is 15.8. The van der Waals surface area contributed by atoms with E-state index < -0.39 is 5.97 Å². The Labute approximate surface area is 121 Å². The Morgan fingerprint density at radius 3 is 2.68 bits per heavy atom. The summed E-state index contributed by atoms with van der Waals surface area (Å²) in [6.07, 6.45) is -0.0551. The molecule has 2 N–H and O–H groups in total. The summed E-state index contributed by atoms with van der Waals surface area (Å²) < 4.78 is 0.675. The molecule has 1 heterocycles. The number of nitrogens with zero attached hydrogens (tertiary/aromatic N) is 1. The minimum Gasteiger partial charge on any atom is -0.481 e. The van der Waals surface area contributed by atoms with Crippen molar-refractivity contribution in [3.8, 4) is 0 Å². The van der Waals surface area contributed by atoms with Crippen LogP contribution in [0.5, 0.6) is 0 Å². The average molecular weight is 305 g/mol. The third-order valence-electron chi connectivity index (χ3n) is 2.63. The summed E-state index contributed by atoms with van der Waals surface area (Å²) in [6.45, 7) is 4.35. The number of hydrogen-bond acceptors (Lipinski definition) is 3. The van der Waals surface area contributed by atoms with Gasteiger partial charge < -0.3 is 15.3 Å². The quantitative estimate of drug-likeness (QED) is 0.849. The average Bonchev–Trinajstić information content (AvgIpc) is 2.76. The summed E-state index contributed by atoms with van der Waals surface area (Å²) in [6, 6.07) is 3.24. The van der Waals surface area contributed by atoms with E-state index in [4.69, 9.17) is 16.7 Å². The minimum atomic E-state index is -0.913. The van der Waals surface area contributed by atoms with Crippen molar-refractivity contribution in [1.82, 2.24) is 10.2 Å². The van der Waals surface area contributed by atoms with E-state index in [0.717, 1.165) is 4.88 Å². The minimum absolute atomic E-state index is 0.0551. The van der Waals surface area contributed by atoms with Crippen molar-refractivity contribution in [3.05, 3.63) is 21.3 Å². The van der Waals surface area contributed by atoms with Gasteiger partial charge in [-0.25, -0.2) is 4.79 Å². The van der Waals surface area contributed by atoms with Gasteiger partial charge in [-0.1, -0.05) is 11.6 Å². The molecule has 7 heteroatoms. The summed E-state index contributed by atoms with van der Waals surface area (Å²) in [5.41, 5.74) is 0. The third kappa shape index (κ3) is 5.08. The molecule has 1 atom stereocenters. The molecule has 0 aliphatic heterocycles. The smallest absolute Gasteiger partial charge is 0.317 e. The van der Waals surface area contributed by atoms with Gasteiger partial charge in [0.05, 0.1) is 16.8 Å². The number of carbonyl (C=O) groups is 2. The highest BCUT2D eigenvalue weighted by atomic mass is 35.5. The number of hydrogen-bond donors (Lipinski definition) is 2. The number of urea groups is 1. The molecule has 1 aromatic heterocycles. The first-order valence-electron chi connectivity index (χ1n) is 5.96. The molecular weight excluding hydrogens is 288 g/mol. The first-order chi connectivity index (χ1) is 8.93. The van der Waals surface area contributed by atoms with Gasteiger partial charge in [-0.05, 0) is 26.0 Å². The van der Waals surface area contributed by atoms with E-state index in [1.54, 1.807) is 6.07 Å². The normalized spacial score (nSPS) is 11.9. The molecule has 1 aromatic rings. The zero-order valence-corrected chi connectivity index (χ0v) is 12.4. The van der Waals surface area contributed by atoms with Crippen LogP contribution in [0.1, 0.15) is 31.2 Å². The van der Waals surface area contributed by atoms with Crippen LogP contribution in [0.4, 0.5) is 4.79 Å². The van der Waals surface area contributed by atoms with Crippen LogP contribution >= 0.6 is 22.9 Å². The van der Waals surface area contributed by atoms with Crippen molar-refractivity contribution in [3.63, 3.8) is 0 Å². The molecule has 2 amide bonds. The first-order valence-corrected chi connectivity index (χ1v) is 7.16. The number of rotatable bonds is 6. The van der Waals surface area contributed by atoms with Crippen molar-refractivity contribution in [2.75, 3.05) is 13.1 Å². The summed E-state index contributed by atoms with van der Waals surface area (Å²) in [5, 5.41) is 11.5. The van der Waals surface area contributed by atoms with Crippen LogP contribution in [-0.2, 0) is 4.79 Å². The number of thiophene rings is 1. The Bertz CT molecular complexity index is 450. The van der Waals surface area contributed by atoms with E-state index in [-0.39, 0.29) is 25.0 Å². The number of carbonyl (C=O) groups excluding carboxylic acids is 1. The highest BCUT2D eigenvalue weighted by molar-refractivity contribution is 7.16. The van der Waals surface area contributed by atoms with Crippen LogP contribution in [0.15, 0.2) is 12.1 Å². The van der Waals surface area contributed by atoms with E-state index in [1.807, 2.05) is 19.9 Å². The Kier molecular flexibility index (Phi) is 6.11. The summed E-state index contributed by atoms with van der Waals surface area (Å²) in [7, 11) is 0. The van der Waals surface area contributed by atoms with Gasteiger partial charge in [0, 0.05) is 18.0 Å². The Morgan fingerprint density at radius 1 is 1.53 bits per heavy atom. The fourth-order valence-corrected chi connectivity index (χ4v) is 2.61. The molecule has 106 valence electrons. The molecule has 19 heavy (non-hydrogen) atoms. The Balaban J connectivity index is 2.54. The van der Waals surface area contributed by atoms with Crippen molar-refractivity contribution in [2.24, 2.45) is 0 Å². The number of halogens is 1. The lowest BCUT2D eigenvalue weighted by atomic mass is 10.3.